The van der Waals surface area contributed by atoms with Gasteiger partial charge in [0.2, 0.25) is 5.91 Å². The third-order valence-electron chi connectivity index (χ3n) is 6.03. The van der Waals surface area contributed by atoms with Gasteiger partial charge in [-0.1, -0.05) is 24.3 Å². The number of fused-ring (bicyclic) bond motifs is 1. The number of piperazine rings is 1. The molecule has 1 aromatic heterocycles. The van der Waals surface area contributed by atoms with Gasteiger partial charge in [0.1, 0.15) is 11.6 Å². The predicted molar refractivity (Wildman–Crippen MR) is 126 cm³/mol. The molecular formula is C25H26FN5O2. The minimum Gasteiger partial charge on any atom is -0.354 e. The largest absolute Gasteiger partial charge is 0.354 e. The van der Waals surface area contributed by atoms with Gasteiger partial charge in [0.25, 0.3) is 5.91 Å². The van der Waals surface area contributed by atoms with E-state index in [1.807, 2.05) is 30.3 Å². The minimum atomic E-state index is -0.380. The van der Waals surface area contributed by atoms with Crippen molar-refractivity contribution in [1.82, 2.24) is 15.2 Å². The van der Waals surface area contributed by atoms with Crippen molar-refractivity contribution in [1.29, 1.82) is 0 Å². The summed E-state index contributed by atoms with van der Waals surface area (Å²) in [6.45, 7) is 3.01. The quantitative estimate of drug-likeness (QED) is 0.608. The molecule has 170 valence electrons. The number of halogens is 1. The van der Waals surface area contributed by atoms with Gasteiger partial charge in [0.05, 0.1) is 17.6 Å². The lowest BCUT2D eigenvalue weighted by Crippen LogP contribution is -2.49. The minimum absolute atomic E-state index is 0.0509. The molecule has 8 heteroatoms. The summed E-state index contributed by atoms with van der Waals surface area (Å²) in [5.74, 6) is 0.176. The number of amides is 2. The van der Waals surface area contributed by atoms with E-state index in [-0.39, 0.29) is 30.2 Å². The van der Waals surface area contributed by atoms with Crippen LogP contribution in [0.2, 0.25) is 0 Å². The maximum absolute atomic E-state index is 13.3. The van der Waals surface area contributed by atoms with Crippen molar-refractivity contribution in [3.05, 3.63) is 66.0 Å². The summed E-state index contributed by atoms with van der Waals surface area (Å²) in [4.78, 5) is 34.2. The van der Waals surface area contributed by atoms with Crippen LogP contribution in [-0.2, 0) is 4.79 Å². The second-order valence-corrected chi connectivity index (χ2v) is 8.61. The average molecular weight is 448 g/mol. The molecule has 5 rings (SSSR count). The molecule has 0 atom stereocenters. The molecule has 1 aliphatic heterocycles. The van der Waals surface area contributed by atoms with Crippen LogP contribution in [0.25, 0.3) is 10.9 Å². The van der Waals surface area contributed by atoms with Crippen molar-refractivity contribution in [3.63, 3.8) is 0 Å². The van der Waals surface area contributed by atoms with Gasteiger partial charge in [0.15, 0.2) is 0 Å². The third-order valence-corrected chi connectivity index (χ3v) is 6.03. The van der Waals surface area contributed by atoms with E-state index in [0.29, 0.717) is 37.4 Å². The summed E-state index contributed by atoms with van der Waals surface area (Å²) >= 11 is 0. The van der Waals surface area contributed by atoms with Gasteiger partial charge >= 0.3 is 0 Å². The molecule has 2 fully saturated rings. The summed E-state index contributed by atoms with van der Waals surface area (Å²) in [6.07, 6.45) is 2.08. The van der Waals surface area contributed by atoms with Crippen LogP contribution in [0.1, 0.15) is 23.2 Å². The Morgan fingerprint density at radius 1 is 1.00 bits per heavy atom. The standard InChI is InChI=1S/C25H26FN5O2/c26-17-4-3-5-19(14-17)27-24(32)16-30-10-12-31(13-11-30)23-15-21(25(33)28-18-8-9-18)20-6-1-2-7-22(20)29-23/h1-7,14-15,18H,8-13,16H2,(H,27,32)(H,28,33). The molecule has 3 aromatic rings. The highest BCUT2D eigenvalue weighted by Gasteiger charge is 2.26. The van der Waals surface area contributed by atoms with Crippen LogP contribution >= 0.6 is 0 Å². The number of rotatable bonds is 6. The van der Waals surface area contributed by atoms with Crippen molar-refractivity contribution in [2.24, 2.45) is 0 Å². The van der Waals surface area contributed by atoms with Gasteiger partial charge in [-0.3, -0.25) is 14.5 Å². The average Bonchev–Trinajstić information content (AvgIpc) is 3.63. The van der Waals surface area contributed by atoms with Crippen LogP contribution in [0.3, 0.4) is 0 Å². The Bertz CT molecular complexity index is 1190. The summed E-state index contributed by atoms with van der Waals surface area (Å²) in [5, 5.41) is 6.68. The molecule has 7 nitrogen and oxygen atoms in total. The van der Waals surface area contributed by atoms with Crippen molar-refractivity contribution in [2.45, 2.75) is 18.9 Å². The van der Waals surface area contributed by atoms with E-state index >= 15 is 0 Å². The van der Waals surface area contributed by atoms with Crippen LogP contribution in [0.5, 0.6) is 0 Å². The SMILES string of the molecule is O=C(CN1CCN(c2cc(C(=O)NC3CC3)c3ccccc3n2)CC1)Nc1cccc(F)c1. The zero-order valence-electron chi connectivity index (χ0n) is 18.3. The highest BCUT2D eigenvalue weighted by Crippen LogP contribution is 2.26. The molecule has 33 heavy (non-hydrogen) atoms. The van der Waals surface area contributed by atoms with Gasteiger partial charge < -0.3 is 15.5 Å². The fourth-order valence-electron chi connectivity index (χ4n) is 4.11. The topological polar surface area (TPSA) is 77.6 Å². The van der Waals surface area contributed by atoms with Crippen LogP contribution in [0, 0.1) is 5.82 Å². The lowest BCUT2D eigenvalue weighted by molar-refractivity contribution is -0.117. The highest BCUT2D eigenvalue weighted by molar-refractivity contribution is 6.07. The number of para-hydroxylation sites is 1. The Labute approximate surface area is 191 Å². The van der Waals surface area contributed by atoms with Gasteiger partial charge in [0, 0.05) is 43.3 Å². The molecule has 2 aliphatic rings. The van der Waals surface area contributed by atoms with Crippen molar-refractivity contribution < 1.29 is 14.0 Å². The lowest BCUT2D eigenvalue weighted by atomic mass is 10.1. The van der Waals surface area contributed by atoms with Gasteiger partial charge in [-0.05, 0) is 43.2 Å². The number of aromatic nitrogens is 1. The van der Waals surface area contributed by atoms with E-state index in [1.54, 1.807) is 12.1 Å². The number of carbonyl (C=O) groups excluding carboxylic acids is 2. The van der Waals surface area contributed by atoms with Gasteiger partial charge in [-0.15, -0.1) is 0 Å². The Hall–Kier alpha value is -3.52. The molecule has 2 amide bonds. The number of nitrogens with zero attached hydrogens (tertiary/aromatic N) is 3. The Kier molecular flexibility index (Phi) is 5.92. The van der Waals surface area contributed by atoms with Gasteiger partial charge in [-0.2, -0.15) is 0 Å². The molecule has 2 aromatic carbocycles. The molecule has 0 radical (unpaired) electrons. The molecule has 1 saturated carbocycles. The number of anilines is 2. The highest BCUT2D eigenvalue weighted by atomic mass is 19.1. The molecule has 1 saturated heterocycles. The smallest absolute Gasteiger partial charge is 0.252 e. The number of hydrogen-bond acceptors (Lipinski definition) is 5. The Balaban J connectivity index is 1.24. The molecule has 2 N–H and O–H groups in total. The first kappa shape index (κ1) is 21.3. The van der Waals surface area contributed by atoms with E-state index in [4.69, 9.17) is 4.98 Å². The van der Waals surface area contributed by atoms with Crippen molar-refractivity contribution in [3.8, 4) is 0 Å². The summed E-state index contributed by atoms with van der Waals surface area (Å²) in [5.41, 5.74) is 1.91. The number of carbonyl (C=O) groups is 2. The van der Waals surface area contributed by atoms with Gasteiger partial charge in [-0.25, -0.2) is 9.37 Å². The second kappa shape index (κ2) is 9.15. The number of pyridine rings is 1. The second-order valence-electron chi connectivity index (χ2n) is 8.61. The molecule has 1 aliphatic carbocycles. The normalized spacial score (nSPS) is 16.6. The van der Waals surface area contributed by atoms with Crippen LogP contribution < -0.4 is 15.5 Å². The summed E-state index contributed by atoms with van der Waals surface area (Å²) in [6, 6.07) is 15.8. The first-order valence-corrected chi connectivity index (χ1v) is 11.3. The van der Waals surface area contributed by atoms with E-state index in [2.05, 4.69) is 20.4 Å². The Morgan fingerprint density at radius 2 is 1.79 bits per heavy atom. The summed E-state index contributed by atoms with van der Waals surface area (Å²) < 4.78 is 13.3. The fourth-order valence-corrected chi connectivity index (χ4v) is 4.11. The van der Waals surface area contributed by atoms with E-state index in [1.165, 1.54) is 12.1 Å². The molecular weight excluding hydrogens is 421 g/mol. The van der Waals surface area contributed by atoms with E-state index < -0.39 is 0 Å². The van der Waals surface area contributed by atoms with Crippen LogP contribution in [0.4, 0.5) is 15.9 Å². The van der Waals surface area contributed by atoms with Crippen molar-refractivity contribution in [2.75, 3.05) is 42.9 Å². The first-order valence-electron chi connectivity index (χ1n) is 11.3. The van der Waals surface area contributed by atoms with E-state index in [0.717, 1.165) is 29.6 Å². The number of benzene rings is 2. The molecule has 0 spiro atoms. The number of nitrogens with one attached hydrogen (secondary N) is 2. The lowest BCUT2D eigenvalue weighted by Gasteiger charge is -2.35. The predicted octanol–water partition coefficient (Wildman–Crippen LogP) is 3.03. The number of hydrogen-bond donors (Lipinski definition) is 2. The van der Waals surface area contributed by atoms with Crippen molar-refractivity contribution >= 4 is 34.2 Å². The Morgan fingerprint density at radius 3 is 2.55 bits per heavy atom. The van der Waals surface area contributed by atoms with E-state index in [9.17, 15) is 14.0 Å². The maximum Gasteiger partial charge on any atom is 0.252 e. The monoisotopic (exact) mass is 447 g/mol. The first-order chi connectivity index (χ1) is 16.0. The summed E-state index contributed by atoms with van der Waals surface area (Å²) in [7, 11) is 0. The fraction of sp³-hybridized carbons (Fsp3) is 0.320. The maximum atomic E-state index is 13.3. The van der Waals surface area contributed by atoms with Crippen LogP contribution in [0.15, 0.2) is 54.6 Å². The van der Waals surface area contributed by atoms with Crippen LogP contribution in [-0.4, -0.2) is 60.5 Å². The zero-order valence-corrected chi connectivity index (χ0v) is 18.3. The molecule has 0 bridgehead atoms. The molecule has 2 heterocycles. The zero-order chi connectivity index (χ0) is 22.8. The molecule has 0 unspecified atom stereocenters. The third kappa shape index (κ3) is 5.12.